The molecule has 5 nitrogen and oxygen atoms in total. The Balaban J connectivity index is 2.12. The van der Waals surface area contributed by atoms with E-state index in [1.165, 1.54) is 4.90 Å². The topological polar surface area (TPSA) is 64.8 Å². The van der Waals surface area contributed by atoms with Gasteiger partial charge in [-0.1, -0.05) is 0 Å². The monoisotopic (exact) mass is 266 g/mol. The Morgan fingerprint density at radius 3 is 2.79 bits per heavy atom. The number of hydrogen-bond acceptors (Lipinski definition) is 4. The van der Waals surface area contributed by atoms with E-state index in [2.05, 4.69) is 0 Å². The molecule has 1 saturated heterocycles. The third-order valence-electron chi connectivity index (χ3n) is 3.40. The smallest absolute Gasteiger partial charge is 0.292 e. The number of halogens is 1. The average Bonchev–Trinajstić information content (AvgIpc) is 2.64. The number of amides is 1. The lowest BCUT2D eigenvalue weighted by Gasteiger charge is -2.32. The summed E-state index contributed by atoms with van der Waals surface area (Å²) in [5, 5.41) is 0. The van der Waals surface area contributed by atoms with Gasteiger partial charge in [-0.15, -0.1) is 0 Å². The van der Waals surface area contributed by atoms with Crippen LogP contribution in [-0.4, -0.2) is 32.3 Å². The fourth-order valence-corrected chi connectivity index (χ4v) is 2.57. The second kappa shape index (κ2) is 4.47. The van der Waals surface area contributed by atoms with Crippen LogP contribution < -0.4 is 10.6 Å². The summed E-state index contributed by atoms with van der Waals surface area (Å²) in [6, 6.07) is 5.05. The molecule has 1 aromatic rings. The van der Waals surface area contributed by atoms with Crippen LogP contribution in [0, 0.1) is 0 Å². The molecular weight excluding hydrogens is 251 g/mol. The maximum atomic E-state index is 12.6. The average molecular weight is 266 g/mol. The van der Waals surface area contributed by atoms with Crippen molar-refractivity contribution in [1.29, 1.82) is 0 Å². The van der Waals surface area contributed by atoms with Gasteiger partial charge in [0.05, 0.1) is 25.4 Å². The van der Waals surface area contributed by atoms with Crippen LogP contribution in [0.2, 0.25) is 0 Å². The molecule has 3 rings (SSSR count). The van der Waals surface area contributed by atoms with E-state index in [0.717, 1.165) is 6.42 Å². The summed E-state index contributed by atoms with van der Waals surface area (Å²) in [6.45, 7) is 0.239. The summed E-state index contributed by atoms with van der Waals surface area (Å²) in [7, 11) is 0. The molecule has 19 heavy (non-hydrogen) atoms. The fraction of sp³-hybridized carbons (Fsp3) is 0.462. The summed E-state index contributed by atoms with van der Waals surface area (Å²) in [4.78, 5) is 13.9. The molecule has 2 N–H and O–H groups in total. The minimum Gasteiger partial charge on any atom is -0.399 e. The van der Waals surface area contributed by atoms with Crippen LogP contribution in [0.15, 0.2) is 18.2 Å². The maximum absolute atomic E-state index is 12.6. The molecule has 1 fully saturated rings. The summed E-state index contributed by atoms with van der Waals surface area (Å²) in [5.41, 5.74) is 7.47. The van der Waals surface area contributed by atoms with Crippen molar-refractivity contribution in [3.8, 4) is 0 Å². The zero-order chi connectivity index (χ0) is 13.5. The van der Waals surface area contributed by atoms with Crippen LogP contribution in [0.1, 0.15) is 12.0 Å². The van der Waals surface area contributed by atoms with Crippen LogP contribution in [0.4, 0.5) is 15.8 Å². The normalized spacial score (nSPS) is 20.9. The van der Waals surface area contributed by atoms with Gasteiger partial charge in [-0.05, 0) is 24.6 Å². The molecule has 0 atom stereocenters. The number of anilines is 2. The van der Waals surface area contributed by atoms with Crippen molar-refractivity contribution < 1.29 is 18.7 Å². The van der Waals surface area contributed by atoms with Gasteiger partial charge in [0.1, 0.15) is 6.67 Å². The van der Waals surface area contributed by atoms with Gasteiger partial charge in [0.15, 0.2) is 0 Å². The molecule has 102 valence electrons. The summed E-state index contributed by atoms with van der Waals surface area (Å²) < 4.78 is 23.9. The number of nitrogen functional groups attached to an aromatic ring is 1. The van der Waals surface area contributed by atoms with Crippen LogP contribution in [0.3, 0.4) is 0 Å². The minimum atomic E-state index is -1.43. The Bertz CT molecular complexity index is 515. The largest absolute Gasteiger partial charge is 0.399 e. The first-order valence-corrected chi connectivity index (χ1v) is 6.25. The van der Waals surface area contributed by atoms with E-state index >= 15 is 0 Å². The summed E-state index contributed by atoms with van der Waals surface area (Å²) in [6.07, 6.45) is 0.732. The van der Waals surface area contributed by atoms with Gasteiger partial charge >= 0.3 is 0 Å². The zero-order valence-electron chi connectivity index (χ0n) is 10.4. The van der Waals surface area contributed by atoms with E-state index < -0.39 is 12.5 Å². The minimum absolute atomic E-state index is 0.00970. The third kappa shape index (κ3) is 1.71. The first kappa shape index (κ1) is 12.4. The molecular formula is C13H15FN2O3. The number of carbonyl (C=O) groups is 1. The molecule has 1 amide bonds. The Hall–Kier alpha value is -1.66. The van der Waals surface area contributed by atoms with Crippen LogP contribution in [0.25, 0.3) is 0 Å². The van der Waals surface area contributed by atoms with Crippen molar-refractivity contribution in [3.63, 3.8) is 0 Å². The quantitative estimate of drug-likeness (QED) is 0.816. The van der Waals surface area contributed by atoms with E-state index in [0.29, 0.717) is 30.2 Å². The van der Waals surface area contributed by atoms with E-state index in [-0.39, 0.29) is 12.5 Å². The Labute approximate surface area is 110 Å². The van der Waals surface area contributed by atoms with E-state index in [1.807, 2.05) is 0 Å². The molecule has 0 radical (unpaired) electrons. The van der Waals surface area contributed by atoms with Crippen molar-refractivity contribution in [2.24, 2.45) is 0 Å². The highest BCUT2D eigenvalue weighted by molar-refractivity contribution is 6.06. The van der Waals surface area contributed by atoms with Gasteiger partial charge in [0, 0.05) is 11.3 Å². The van der Waals surface area contributed by atoms with Gasteiger partial charge < -0.3 is 20.1 Å². The number of ether oxygens (including phenoxy) is 2. The van der Waals surface area contributed by atoms with Crippen LogP contribution >= 0.6 is 0 Å². The van der Waals surface area contributed by atoms with Gasteiger partial charge in [0.2, 0.25) is 0 Å². The highest BCUT2D eigenvalue weighted by Gasteiger charge is 2.54. The number of nitrogens with two attached hydrogens (primary N) is 1. The first-order chi connectivity index (χ1) is 9.19. The third-order valence-corrected chi connectivity index (χ3v) is 3.40. The molecule has 0 aliphatic carbocycles. The molecule has 0 unspecified atom stereocenters. The lowest BCUT2D eigenvalue weighted by atomic mass is 10.1. The van der Waals surface area contributed by atoms with E-state index in [1.54, 1.807) is 18.2 Å². The molecule has 2 heterocycles. The highest BCUT2D eigenvalue weighted by Crippen LogP contribution is 2.45. The lowest BCUT2D eigenvalue weighted by Crippen LogP contribution is -2.47. The van der Waals surface area contributed by atoms with Gasteiger partial charge in [-0.25, -0.2) is 4.39 Å². The van der Waals surface area contributed by atoms with Crippen molar-refractivity contribution in [2.45, 2.75) is 12.2 Å². The number of benzene rings is 1. The number of hydrogen-bond donors (Lipinski definition) is 1. The first-order valence-electron chi connectivity index (χ1n) is 6.25. The molecule has 0 bridgehead atoms. The second-order valence-electron chi connectivity index (χ2n) is 4.59. The van der Waals surface area contributed by atoms with Crippen LogP contribution in [-0.2, 0) is 20.1 Å². The van der Waals surface area contributed by atoms with Crippen LogP contribution in [0.5, 0.6) is 0 Å². The van der Waals surface area contributed by atoms with Gasteiger partial charge in [0.25, 0.3) is 11.7 Å². The number of alkyl halides is 1. The van der Waals surface area contributed by atoms with Crippen molar-refractivity contribution in [2.75, 3.05) is 37.1 Å². The molecule has 0 aromatic heterocycles. The Morgan fingerprint density at radius 1 is 1.37 bits per heavy atom. The number of nitrogens with zero attached hydrogens (tertiary/aromatic N) is 1. The molecule has 2 aliphatic rings. The standard InChI is InChI=1S/C13H15FN2O3/c14-4-5-16-11-3-2-9(15)8-10(11)13(12(16)17)18-6-1-7-19-13/h2-3,8H,1,4-7,15H2. The summed E-state index contributed by atoms with van der Waals surface area (Å²) >= 11 is 0. The van der Waals surface area contributed by atoms with E-state index in [9.17, 15) is 9.18 Å². The summed E-state index contributed by atoms with van der Waals surface area (Å²) in [5.74, 6) is -1.80. The molecule has 6 heteroatoms. The molecule has 1 aromatic carbocycles. The Morgan fingerprint density at radius 2 is 2.11 bits per heavy atom. The van der Waals surface area contributed by atoms with E-state index in [4.69, 9.17) is 15.2 Å². The maximum Gasteiger partial charge on any atom is 0.292 e. The lowest BCUT2D eigenvalue weighted by molar-refractivity contribution is -0.256. The number of rotatable bonds is 2. The van der Waals surface area contributed by atoms with Crippen molar-refractivity contribution in [3.05, 3.63) is 23.8 Å². The second-order valence-corrected chi connectivity index (χ2v) is 4.59. The zero-order valence-corrected chi connectivity index (χ0v) is 10.4. The highest BCUT2D eigenvalue weighted by atomic mass is 19.1. The van der Waals surface area contributed by atoms with Crippen molar-refractivity contribution >= 4 is 17.3 Å². The predicted octanol–water partition coefficient (Wildman–Crippen LogP) is 1.17. The fourth-order valence-electron chi connectivity index (χ4n) is 2.57. The predicted molar refractivity (Wildman–Crippen MR) is 67.4 cm³/mol. The molecule has 1 spiro atoms. The molecule has 0 saturated carbocycles. The number of fused-ring (bicyclic) bond motifs is 2. The number of carbonyl (C=O) groups excluding carboxylic acids is 1. The van der Waals surface area contributed by atoms with Crippen molar-refractivity contribution in [1.82, 2.24) is 0 Å². The molecule has 2 aliphatic heterocycles. The SMILES string of the molecule is Nc1ccc2c(c1)C1(OCCCO1)C(=O)N2CCF. The van der Waals surface area contributed by atoms with Gasteiger partial charge in [-0.2, -0.15) is 0 Å². The van der Waals surface area contributed by atoms with Gasteiger partial charge in [-0.3, -0.25) is 4.79 Å². The Kier molecular flexibility index (Phi) is 2.91.